The van der Waals surface area contributed by atoms with E-state index in [1.54, 1.807) is 13.8 Å². The molecule has 8 heteroatoms. The van der Waals surface area contributed by atoms with E-state index in [-0.39, 0.29) is 5.38 Å². The van der Waals surface area contributed by atoms with Crippen molar-refractivity contribution < 1.29 is 18.5 Å². The Morgan fingerprint density at radius 3 is 2.55 bits per heavy atom. The molecule has 1 amide bonds. The number of alkyl halides is 1. The molecule has 0 aromatic heterocycles. The molecule has 2 unspecified atom stereocenters. The zero-order valence-corrected chi connectivity index (χ0v) is 11.6. The summed E-state index contributed by atoms with van der Waals surface area (Å²) < 4.78 is 27.3. The van der Waals surface area contributed by atoms with E-state index in [4.69, 9.17) is 11.6 Å². The number of carbonyl (C=O) groups is 1. The highest BCUT2D eigenvalue weighted by Gasteiger charge is 2.26. The number of nitro benzene ring substituents is 1. The lowest BCUT2D eigenvalue weighted by atomic mass is 10.1. The molecule has 0 aliphatic rings. The van der Waals surface area contributed by atoms with Gasteiger partial charge in [-0.15, -0.1) is 11.6 Å². The molecule has 1 aromatic rings. The van der Waals surface area contributed by atoms with Crippen LogP contribution in [-0.2, 0) is 0 Å². The fourth-order valence-corrected chi connectivity index (χ4v) is 2.00. The molecule has 0 saturated heterocycles. The quantitative estimate of drug-likeness (QED) is 0.516. The lowest BCUT2D eigenvalue weighted by Gasteiger charge is -2.15. The van der Waals surface area contributed by atoms with Crippen LogP contribution in [0.2, 0.25) is 0 Å². The molecule has 0 spiro atoms. The summed E-state index contributed by atoms with van der Waals surface area (Å²) in [5.41, 5.74) is -1.91. The van der Waals surface area contributed by atoms with Gasteiger partial charge in [-0.2, -0.15) is 4.39 Å². The fraction of sp³-hybridized carbons (Fsp3) is 0.417. The Hall–Kier alpha value is -1.76. The predicted octanol–water partition coefficient (Wildman–Crippen LogP) is 3.01. The van der Waals surface area contributed by atoms with Gasteiger partial charge < -0.3 is 5.32 Å². The number of benzene rings is 1. The van der Waals surface area contributed by atoms with Crippen LogP contribution >= 0.6 is 11.6 Å². The van der Waals surface area contributed by atoms with Crippen LogP contribution in [0.3, 0.4) is 0 Å². The molecular weight excluding hydrogens is 294 g/mol. The molecule has 0 aliphatic heterocycles. The van der Waals surface area contributed by atoms with Crippen molar-refractivity contribution in [1.29, 1.82) is 0 Å². The Kier molecular flexibility index (Phi) is 5.38. The van der Waals surface area contributed by atoms with Crippen LogP contribution in [0.4, 0.5) is 14.5 Å². The van der Waals surface area contributed by atoms with Crippen LogP contribution in [0.25, 0.3) is 0 Å². The molecule has 20 heavy (non-hydrogen) atoms. The topological polar surface area (TPSA) is 72.2 Å². The monoisotopic (exact) mass is 306 g/mol. The minimum Gasteiger partial charge on any atom is -0.349 e. The first kappa shape index (κ1) is 16.3. The molecule has 0 heterocycles. The van der Waals surface area contributed by atoms with Gasteiger partial charge >= 0.3 is 5.69 Å². The van der Waals surface area contributed by atoms with Crippen LogP contribution in [-0.4, -0.2) is 22.2 Å². The van der Waals surface area contributed by atoms with Crippen LogP contribution in [0.1, 0.15) is 30.6 Å². The number of rotatable bonds is 5. The van der Waals surface area contributed by atoms with Crippen molar-refractivity contribution in [3.05, 3.63) is 39.4 Å². The summed E-state index contributed by atoms with van der Waals surface area (Å²) in [4.78, 5) is 21.3. The average Bonchev–Trinajstić information content (AvgIpc) is 2.26. The van der Waals surface area contributed by atoms with Crippen molar-refractivity contribution in [3.63, 3.8) is 0 Å². The molecule has 2 atom stereocenters. The molecular formula is C12H13ClF2N2O3. The van der Waals surface area contributed by atoms with Gasteiger partial charge in [-0.1, -0.05) is 0 Å². The molecule has 0 saturated carbocycles. The zero-order chi connectivity index (χ0) is 15.4. The zero-order valence-electron chi connectivity index (χ0n) is 10.8. The van der Waals surface area contributed by atoms with Crippen molar-refractivity contribution in [2.45, 2.75) is 31.7 Å². The van der Waals surface area contributed by atoms with Gasteiger partial charge in [-0.05, 0) is 26.3 Å². The van der Waals surface area contributed by atoms with Gasteiger partial charge in [0.2, 0.25) is 5.82 Å². The number of nitrogens with one attached hydrogen (secondary N) is 1. The standard InChI is InChI=1S/C12H13ClF2N2O3/c1-6(13)5-7(2)16-12(18)10-8(14)3-4-9(11(10)15)17(19)20/h3-4,6-7H,5H2,1-2H3,(H,16,18). The SMILES string of the molecule is CC(Cl)CC(C)NC(=O)c1c(F)ccc([N+](=O)[O-])c1F. The number of carbonyl (C=O) groups excluding carboxylic acids is 1. The van der Waals surface area contributed by atoms with Gasteiger partial charge in [-0.3, -0.25) is 14.9 Å². The summed E-state index contributed by atoms with van der Waals surface area (Å²) in [6.07, 6.45) is 0.394. The van der Waals surface area contributed by atoms with Gasteiger partial charge in [0.25, 0.3) is 5.91 Å². The molecule has 0 fully saturated rings. The second kappa shape index (κ2) is 6.60. The minimum absolute atomic E-state index is 0.231. The van der Waals surface area contributed by atoms with E-state index < -0.39 is 39.8 Å². The van der Waals surface area contributed by atoms with Crippen LogP contribution in [0.15, 0.2) is 12.1 Å². The van der Waals surface area contributed by atoms with E-state index >= 15 is 0 Å². The Morgan fingerprint density at radius 2 is 2.05 bits per heavy atom. The molecule has 1 aromatic carbocycles. The highest BCUT2D eigenvalue weighted by Crippen LogP contribution is 2.23. The Balaban J connectivity index is 3.04. The van der Waals surface area contributed by atoms with Gasteiger partial charge in [0.05, 0.1) is 4.92 Å². The third-order valence-corrected chi connectivity index (χ3v) is 2.73. The van der Waals surface area contributed by atoms with E-state index in [9.17, 15) is 23.7 Å². The predicted molar refractivity (Wildman–Crippen MR) is 69.9 cm³/mol. The maximum absolute atomic E-state index is 13.8. The highest BCUT2D eigenvalue weighted by atomic mass is 35.5. The molecule has 0 bridgehead atoms. The number of nitro groups is 1. The Bertz CT molecular complexity index is 538. The van der Waals surface area contributed by atoms with E-state index in [1.165, 1.54) is 0 Å². The largest absolute Gasteiger partial charge is 0.349 e. The third-order valence-electron chi connectivity index (χ3n) is 2.55. The number of amides is 1. The van der Waals surface area contributed by atoms with Gasteiger partial charge in [-0.25, -0.2) is 4.39 Å². The smallest absolute Gasteiger partial charge is 0.305 e. The first-order chi connectivity index (χ1) is 9.23. The number of hydrogen-bond acceptors (Lipinski definition) is 3. The summed E-state index contributed by atoms with van der Waals surface area (Å²) >= 11 is 5.74. The maximum atomic E-state index is 13.8. The normalized spacial score (nSPS) is 13.7. The summed E-state index contributed by atoms with van der Waals surface area (Å²) in [7, 11) is 0. The third kappa shape index (κ3) is 3.86. The second-order valence-electron chi connectivity index (χ2n) is 4.40. The second-order valence-corrected chi connectivity index (χ2v) is 5.15. The Morgan fingerprint density at radius 1 is 1.45 bits per heavy atom. The summed E-state index contributed by atoms with van der Waals surface area (Å²) in [5, 5.41) is 12.7. The molecule has 5 nitrogen and oxygen atoms in total. The number of hydrogen-bond donors (Lipinski definition) is 1. The van der Waals surface area contributed by atoms with Gasteiger partial charge in [0, 0.05) is 17.5 Å². The maximum Gasteiger partial charge on any atom is 0.305 e. The van der Waals surface area contributed by atoms with Crippen molar-refractivity contribution in [3.8, 4) is 0 Å². The van der Waals surface area contributed by atoms with E-state index in [0.29, 0.717) is 18.6 Å². The molecule has 0 radical (unpaired) electrons. The number of halogens is 3. The minimum atomic E-state index is -1.49. The van der Waals surface area contributed by atoms with Gasteiger partial charge in [0.15, 0.2) is 0 Å². The fourth-order valence-electron chi connectivity index (χ4n) is 1.73. The van der Waals surface area contributed by atoms with Crippen molar-refractivity contribution in [1.82, 2.24) is 5.32 Å². The molecule has 110 valence electrons. The van der Waals surface area contributed by atoms with E-state index in [1.807, 2.05) is 0 Å². The lowest BCUT2D eigenvalue weighted by Crippen LogP contribution is -2.35. The first-order valence-electron chi connectivity index (χ1n) is 5.81. The Labute approximate surface area is 119 Å². The summed E-state index contributed by atoms with van der Waals surface area (Å²) in [6, 6.07) is 0.935. The van der Waals surface area contributed by atoms with E-state index in [0.717, 1.165) is 0 Å². The van der Waals surface area contributed by atoms with Crippen LogP contribution in [0, 0.1) is 21.7 Å². The van der Waals surface area contributed by atoms with Crippen molar-refractivity contribution >= 4 is 23.2 Å². The highest BCUT2D eigenvalue weighted by molar-refractivity contribution is 6.20. The first-order valence-corrected chi connectivity index (χ1v) is 6.25. The molecule has 0 aliphatic carbocycles. The lowest BCUT2D eigenvalue weighted by molar-refractivity contribution is -0.387. The van der Waals surface area contributed by atoms with Crippen molar-refractivity contribution in [2.24, 2.45) is 0 Å². The molecule has 1 rings (SSSR count). The van der Waals surface area contributed by atoms with Crippen molar-refractivity contribution in [2.75, 3.05) is 0 Å². The van der Waals surface area contributed by atoms with Gasteiger partial charge in [0.1, 0.15) is 11.4 Å². The number of nitrogens with zero attached hydrogens (tertiary/aromatic N) is 1. The molecule has 1 N–H and O–H groups in total. The van der Waals surface area contributed by atoms with Crippen LogP contribution in [0.5, 0.6) is 0 Å². The summed E-state index contributed by atoms with van der Waals surface area (Å²) in [6.45, 7) is 3.32. The van der Waals surface area contributed by atoms with E-state index in [2.05, 4.69) is 5.32 Å². The van der Waals surface area contributed by atoms with Crippen LogP contribution < -0.4 is 5.32 Å². The average molecular weight is 307 g/mol. The summed E-state index contributed by atoms with van der Waals surface area (Å²) in [5.74, 6) is -3.69.